The Bertz CT molecular complexity index is 1190. The highest BCUT2D eigenvalue weighted by atomic mass is 16.7. The Morgan fingerprint density at radius 2 is 1.56 bits per heavy atom. The maximum Gasteiger partial charge on any atom is 0.488 e. The van der Waals surface area contributed by atoms with Crippen molar-refractivity contribution in [1.82, 2.24) is 0 Å². The summed E-state index contributed by atoms with van der Waals surface area (Å²) in [6.07, 6.45) is 0. The number of fused-ring (bicyclic) bond motifs is 6. The monoisotopic (exact) mass is 360 g/mol. The van der Waals surface area contributed by atoms with Crippen LogP contribution in [0.25, 0.3) is 33.1 Å². The summed E-state index contributed by atoms with van der Waals surface area (Å²) < 4.78 is 17.7. The second-order valence-electron chi connectivity index (χ2n) is 6.70. The maximum absolute atomic E-state index is 9.50. The molecule has 4 aromatic rings. The second kappa shape index (κ2) is 5.68. The molecule has 27 heavy (non-hydrogen) atoms. The van der Waals surface area contributed by atoms with Gasteiger partial charge in [0, 0.05) is 36.1 Å². The zero-order chi connectivity index (χ0) is 18.8. The Kier molecular flexibility index (Phi) is 3.48. The molecule has 0 amide bonds. The zero-order valence-corrected chi connectivity index (χ0v) is 14.9. The average Bonchev–Trinajstić information content (AvgIpc) is 3.18. The molecule has 2 N–H and O–H groups in total. The first-order valence-corrected chi connectivity index (χ1v) is 8.66. The first-order valence-electron chi connectivity index (χ1n) is 8.66. The molecular weight excluding hydrogens is 343 g/mol. The van der Waals surface area contributed by atoms with Crippen LogP contribution in [0.4, 0.5) is 0 Å². The van der Waals surface area contributed by atoms with Gasteiger partial charge in [0.25, 0.3) is 0 Å². The van der Waals surface area contributed by atoms with E-state index in [1.165, 1.54) is 0 Å². The number of rotatable bonds is 3. The van der Waals surface area contributed by atoms with Crippen LogP contribution in [0.15, 0.2) is 59.0 Å². The average molecular weight is 360 g/mol. The van der Waals surface area contributed by atoms with E-state index in [9.17, 15) is 10.0 Å². The Labute approximate surface area is 155 Å². The molecule has 0 unspecified atom stereocenters. The molecule has 1 aliphatic rings. The topological polar surface area (TPSA) is 72.1 Å². The van der Waals surface area contributed by atoms with Gasteiger partial charge >= 0.3 is 7.12 Å². The van der Waals surface area contributed by atoms with Crippen molar-refractivity contribution in [1.29, 1.82) is 0 Å². The first kappa shape index (κ1) is 16.5. The summed E-state index contributed by atoms with van der Waals surface area (Å²) in [5.41, 5.74) is 5.71. The van der Waals surface area contributed by atoms with Crippen molar-refractivity contribution in [2.24, 2.45) is 0 Å². The Hall–Kier alpha value is -2.64. The third-order valence-electron chi connectivity index (χ3n) is 5.43. The fourth-order valence-corrected chi connectivity index (χ4v) is 4.17. The van der Waals surface area contributed by atoms with E-state index in [0.717, 1.165) is 33.0 Å². The van der Waals surface area contributed by atoms with Gasteiger partial charge in [0.05, 0.1) is 0 Å². The standard InChI is InChI=1S/C21H17BO5/c1-25-21(26-2)17-6-4-3-5-13(17)14-10-16-15-9-12(22(23)24)7-8-19(15)27-20(16)11-18(14)21/h3-11,23-24H,1-2H3. The molecule has 1 heterocycles. The van der Waals surface area contributed by atoms with Crippen molar-refractivity contribution in [2.75, 3.05) is 14.2 Å². The Balaban J connectivity index is 1.87. The molecule has 5 nitrogen and oxygen atoms in total. The van der Waals surface area contributed by atoms with E-state index in [1.807, 2.05) is 30.3 Å². The number of hydrogen-bond donors (Lipinski definition) is 2. The summed E-state index contributed by atoms with van der Waals surface area (Å²) >= 11 is 0. The molecule has 0 aliphatic heterocycles. The number of furan rings is 1. The summed E-state index contributed by atoms with van der Waals surface area (Å²) in [4.78, 5) is 0. The molecule has 1 aliphatic carbocycles. The van der Waals surface area contributed by atoms with Crippen molar-refractivity contribution in [3.63, 3.8) is 0 Å². The second-order valence-corrected chi connectivity index (χ2v) is 6.70. The largest absolute Gasteiger partial charge is 0.488 e. The van der Waals surface area contributed by atoms with Crippen LogP contribution >= 0.6 is 0 Å². The molecule has 0 saturated carbocycles. The normalized spacial score (nSPS) is 14.5. The summed E-state index contributed by atoms with van der Waals surface area (Å²) in [7, 11) is 1.74. The molecule has 0 spiro atoms. The van der Waals surface area contributed by atoms with Crippen molar-refractivity contribution >= 4 is 34.5 Å². The molecule has 3 aromatic carbocycles. The fraction of sp³-hybridized carbons (Fsp3) is 0.143. The van der Waals surface area contributed by atoms with Crippen LogP contribution in [-0.4, -0.2) is 31.4 Å². The van der Waals surface area contributed by atoms with Gasteiger partial charge in [-0.2, -0.15) is 0 Å². The lowest BCUT2D eigenvalue weighted by molar-refractivity contribution is -0.180. The van der Waals surface area contributed by atoms with Crippen LogP contribution in [0.2, 0.25) is 0 Å². The molecule has 0 saturated heterocycles. The predicted molar refractivity (Wildman–Crippen MR) is 104 cm³/mol. The lowest BCUT2D eigenvalue weighted by Crippen LogP contribution is -2.29. The highest BCUT2D eigenvalue weighted by Crippen LogP contribution is 2.51. The molecule has 134 valence electrons. The highest BCUT2D eigenvalue weighted by molar-refractivity contribution is 6.59. The minimum Gasteiger partial charge on any atom is -0.456 e. The quantitative estimate of drug-likeness (QED) is 0.434. The van der Waals surface area contributed by atoms with Crippen LogP contribution in [0.1, 0.15) is 11.1 Å². The predicted octanol–water partition coefficient (Wildman–Crippen LogP) is 2.74. The number of hydrogen-bond acceptors (Lipinski definition) is 5. The van der Waals surface area contributed by atoms with Crippen LogP contribution in [0.5, 0.6) is 0 Å². The van der Waals surface area contributed by atoms with Crippen LogP contribution < -0.4 is 5.46 Å². The van der Waals surface area contributed by atoms with Crippen molar-refractivity contribution in [3.8, 4) is 11.1 Å². The lowest BCUT2D eigenvalue weighted by atomic mass is 9.80. The minimum atomic E-state index is -1.52. The summed E-state index contributed by atoms with van der Waals surface area (Å²) in [6.45, 7) is 0. The van der Waals surface area contributed by atoms with Crippen molar-refractivity contribution < 1.29 is 23.9 Å². The Morgan fingerprint density at radius 1 is 0.815 bits per heavy atom. The summed E-state index contributed by atoms with van der Waals surface area (Å²) in [6, 6.07) is 17.2. The molecule has 6 heteroatoms. The smallest absolute Gasteiger partial charge is 0.456 e. The minimum absolute atomic E-state index is 0.425. The summed E-state index contributed by atoms with van der Waals surface area (Å²) in [5, 5.41) is 20.7. The van der Waals surface area contributed by atoms with Gasteiger partial charge in [-0.1, -0.05) is 36.4 Å². The number of benzene rings is 3. The number of ether oxygens (including phenoxy) is 2. The third kappa shape index (κ3) is 2.09. The highest BCUT2D eigenvalue weighted by Gasteiger charge is 2.44. The van der Waals surface area contributed by atoms with E-state index < -0.39 is 12.9 Å². The first-order chi connectivity index (χ1) is 13.1. The SMILES string of the molecule is COC1(OC)c2ccccc2-c2cc3c(cc21)oc1ccc(B(O)O)cc13. The summed E-state index contributed by atoms with van der Waals surface area (Å²) in [5.74, 6) is -0.981. The van der Waals surface area contributed by atoms with Gasteiger partial charge in [-0.15, -0.1) is 0 Å². The van der Waals surface area contributed by atoms with E-state index in [1.54, 1.807) is 32.4 Å². The molecule has 1 aromatic heterocycles. The van der Waals surface area contributed by atoms with Gasteiger partial charge in [-0.05, 0) is 34.8 Å². The van der Waals surface area contributed by atoms with E-state index >= 15 is 0 Å². The lowest BCUT2D eigenvalue weighted by Gasteiger charge is -2.28. The Morgan fingerprint density at radius 3 is 2.30 bits per heavy atom. The van der Waals surface area contributed by atoms with E-state index in [0.29, 0.717) is 16.6 Å². The molecule has 0 bridgehead atoms. The van der Waals surface area contributed by atoms with E-state index in [4.69, 9.17) is 13.9 Å². The van der Waals surface area contributed by atoms with Crippen LogP contribution in [0, 0.1) is 0 Å². The van der Waals surface area contributed by atoms with E-state index in [2.05, 4.69) is 6.07 Å². The maximum atomic E-state index is 9.50. The van der Waals surface area contributed by atoms with Crippen LogP contribution in [-0.2, 0) is 15.3 Å². The van der Waals surface area contributed by atoms with E-state index in [-0.39, 0.29) is 0 Å². The van der Waals surface area contributed by atoms with Gasteiger partial charge in [-0.25, -0.2) is 0 Å². The molecule has 0 radical (unpaired) electrons. The molecule has 5 rings (SSSR count). The molecular formula is C21H17BO5. The van der Waals surface area contributed by atoms with Gasteiger partial charge in [0.2, 0.25) is 5.79 Å². The molecule has 0 fully saturated rings. The zero-order valence-electron chi connectivity index (χ0n) is 14.9. The fourth-order valence-electron chi connectivity index (χ4n) is 4.17. The van der Waals surface area contributed by atoms with Gasteiger partial charge in [0.15, 0.2) is 0 Å². The van der Waals surface area contributed by atoms with Crippen molar-refractivity contribution in [3.05, 3.63) is 65.7 Å². The van der Waals surface area contributed by atoms with Gasteiger partial charge < -0.3 is 23.9 Å². The van der Waals surface area contributed by atoms with Crippen molar-refractivity contribution in [2.45, 2.75) is 5.79 Å². The molecule has 0 atom stereocenters. The number of methoxy groups -OCH3 is 2. The van der Waals surface area contributed by atoms with Gasteiger partial charge in [0.1, 0.15) is 11.2 Å². The van der Waals surface area contributed by atoms with Gasteiger partial charge in [-0.3, -0.25) is 0 Å². The van der Waals surface area contributed by atoms with Crippen LogP contribution in [0.3, 0.4) is 0 Å². The third-order valence-corrected chi connectivity index (χ3v) is 5.43.